The van der Waals surface area contributed by atoms with Gasteiger partial charge in [0.25, 0.3) is 0 Å². The van der Waals surface area contributed by atoms with Crippen molar-refractivity contribution in [2.24, 2.45) is 5.92 Å². The molecule has 33 heavy (non-hydrogen) atoms. The standard InChI is InChI=1S/C20H42O.C11H24O/c1-2-3-4-5-6-7-8-9-10-11-12-13-14-15-16-17-18-19-20-21;1-3-4-5-6-7-8-9-11(2)10-12/h21H,2-20H2,1H3;11-12H,3-10H2,1-2H3. The molecule has 202 valence electrons. The zero-order valence-corrected chi connectivity index (χ0v) is 23.6. The Kier molecular flexibility index (Phi) is 36.2. The third-order valence-corrected chi connectivity index (χ3v) is 6.87. The van der Waals surface area contributed by atoms with E-state index in [1.54, 1.807) is 0 Å². The van der Waals surface area contributed by atoms with Crippen molar-refractivity contribution >= 4 is 0 Å². The van der Waals surface area contributed by atoms with Crippen LogP contribution in [0.4, 0.5) is 0 Å². The Morgan fingerprint density at radius 2 is 0.667 bits per heavy atom. The molecule has 0 aromatic heterocycles. The van der Waals surface area contributed by atoms with Gasteiger partial charge in [0.05, 0.1) is 0 Å². The van der Waals surface area contributed by atoms with E-state index in [9.17, 15) is 0 Å². The summed E-state index contributed by atoms with van der Waals surface area (Å²) in [5, 5.41) is 17.5. The molecule has 0 bridgehead atoms. The van der Waals surface area contributed by atoms with Crippen LogP contribution in [-0.2, 0) is 0 Å². The monoisotopic (exact) mass is 471 g/mol. The molecule has 0 aliphatic heterocycles. The highest BCUT2D eigenvalue weighted by molar-refractivity contribution is 4.52. The van der Waals surface area contributed by atoms with Gasteiger partial charge in [-0.25, -0.2) is 0 Å². The van der Waals surface area contributed by atoms with E-state index in [1.165, 1.54) is 154 Å². The zero-order chi connectivity index (χ0) is 24.7. The Morgan fingerprint density at radius 1 is 0.394 bits per heavy atom. The average molecular weight is 471 g/mol. The number of rotatable bonds is 26. The zero-order valence-electron chi connectivity index (χ0n) is 23.6. The summed E-state index contributed by atoms with van der Waals surface area (Å²) in [6.07, 6.45) is 34.5. The first-order valence-corrected chi connectivity index (χ1v) is 15.4. The number of aliphatic hydroxyl groups is 2. The van der Waals surface area contributed by atoms with Gasteiger partial charge in [0.15, 0.2) is 0 Å². The molecule has 2 nitrogen and oxygen atoms in total. The van der Waals surface area contributed by atoms with Gasteiger partial charge in [0.2, 0.25) is 0 Å². The van der Waals surface area contributed by atoms with E-state index in [4.69, 9.17) is 10.2 Å². The maximum atomic E-state index is 8.78. The van der Waals surface area contributed by atoms with Crippen LogP contribution in [0.3, 0.4) is 0 Å². The van der Waals surface area contributed by atoms with Crippen LogP contribution in [0, 0.1) is 5.92 Å². The van der Waals surface area contributed by atoms with Gasteiger partial charge in [0, 0.05) is 13.2 Å². The highest BCUT2D eigenvalue weighted by atomic mass is 16.3. The van der Waals surface area contributed by atoms with Crippen LogP contribution in [0.15, 0.2) is 0 Å². The summed E-state index contributed by atoms with van der Waals surface area (Å²) < 4.78 is 0. The number of aliphatic hydroxyl groups excluding tert-OH is 2. The van der Waals surface area contributed by atoms with Crippen molar-refractivity contribution in [3.63, 3.8) is 0 Å². The number of unbranched alkanes of at least 4 members (excludes halogenated alkanes) is 22. The lowest BCUT2D eigenvalue weighted by Gasteiger charge is -2.06. The fourth-order valence-electron chi connectivity index (χ4n) is 4.38. The quantitative estimate of drug-likeness (QED) is 0.123. The van der Waals surface area contributed by atoms with Gasteiger partial charge in [0.1, 0.15) is 0 Å². The van der Waals surface area contributed by atoms with Gasteiger partial charge in [-0.3, -0.25) is 0 Å². The van der Waals surface area contributed by atoms with Crippen molar-refractivity contribution in [3.05, 3.63) is 0 Å². The number of hydrogen-bond acceptors (Lipinski definition) is 2. The van der Waals surface area contributed by atoms with Crippen molar-refractivity contribution in [2.45, 2.75) is 181 Å². The number of hydrogen-bond donors (Lipinski definition) is 2. The van der Waals surface area contributed by atoms with Gasteiger partial charge in [-0.1, -0.05) is 168 Å². The molecule has 1 unspecified atom stereocenters. The van der Waals surface area contributed by atoms with Crippen molar-refractivity contribution < 1.29 is 10.2 Å². The summed E-state index contributed by atoms with van der Waals surface area (Å²) >= 11 is 0. The molecule has 1 atom stereocenters. The smallest absolute Gasteiger partial charge is 0.0456 e. The van der Waals surface area contributed by atoms with Crippen LogP contribution in [0.5, 0.6) is 0 Å². The Balaban J connectivity index is 0. The van der Waals surface area contributed by atoms with Crippen molar-refractivity contribution in [1.82, 2.24) is 0 Å². The fraction of sp³-hybridized carbons (Fsp3) is 1.00. The summed E-state index contributed by atoms with van der Waals surface area (Å²) in [6, 6.07) is 0. The van der Waals surface area contributed by atoms with Crippen molar-refractivity contribution in [2.75, 3.05) is 13.2 Å². The first kappa shape index (κ1) is 35.1. The second-order valence-corrected chi connectivity index (χ2v) is 10.6. The van der Waals surface area contributed by atoms with Gasteiger partial charge in [-0.15, -0.1) is 0 Å². The molecule has 0 saturated heterocycles. The van der Waals surface area contributed by atoms with Gasteiger partial charge < -0.3 is 10.2 Å². The average Bonchev–Trinajstić information content (AvgIpc) is 2.83. The van der Waals surface area contributed by atoms with Crippen LogP contribution < -0.4 is 0 Å². The molecule has 0 aliphatic rings. The fourth-order valence-corrected chi connectivity index (χ4v) is 4.38. The van der Waals surface area contributed by atoms with Gasteiger partial charge in [-0.2, -0.15) is 0 Å². The summed E-state index contributed by atoms with van der Waals surface area (Å²) in [5.41, 5.74) is 0. The van der Waals surface area contributed by atoms with E-state index in [2.05, 4.69) is 20.8 Å². The minimum atomic E-state index is 0.356. The van der Waals surface area contributed by atoms with Crippen LogP contribution in [0.25, 0.3) is 0 Å². The summed E-state index contributed by atoms with van der Waals surface area (Å²) in [6.45, 7) is 7.38. The largest absolute Gasteiger partial charge is 0.396 e. The Morgan fingerprint density at radius 3 is 0.939 bits per heavy atom. The van der Waals surface area contributed by atoms with Gasteiger partial charge >= 0.3 is 0 Å². The van der Waals surface area contributed by atoms with E-state index in [0.717, 1.165) is 6.42 Å². The molecule has 0 fully saturated rings. The predicted octanol–water partition coefficient (Wildman–Crippen LogP) is 10.4. The summed E-state index contributed by atoms with van der Waals surface area (Å²) in [4.78, 5) is 0. The second kappa shape index (κ2) is 34.1. The Bertz CT molecular complexity index is 287. The molecule has 0 saturated carbocycles. The second-order valence-electron chi connectivity index (χ2n) is 10.6. The molecule has 2 heteroatoms. The lowest BCUT2D eigenvalue weighted by molar-refractivity contribution is 0.227. The third kappa shape index (κ3) is 36.7. The van der Waals surface area contributed by atoms with Crippen LogP contribution in [0.1, 0.15) is 181 Å². The Labute approximate surface area is 210 Å². The van der Waals surface area contributed by atoms with Crippen LogP contribution in [0.2, 0.25) is 0 Å². The van der Waals surface area contributed by atoms with E-state index >= 15 is 0 Å². The molecule has 0 amide bonds. The molecule has 2 N–H and O–H groups in total. The van der Waals surface area contributed by atoms with Crippen molar-refractivity contribution in [1.29, 1.82) is 0 Å². The first-order valence-electron chi connectivity index (χ1n) is 15.4. The topological polar surface area (TPSA) is 40.5 Å². The van der Waals surface area contributed by atoms with E-state index in [-0.39, 0.29) is 0 Å². The highest BCUT2D eigenvalue weighted by Gasteiger charge is 1.98. The first-order chi connectivity index (χ1) is 16.2. The minimum Gasteiger partial charge on any atom is -0.396 e. The molecule has 0 aliphatic carbocycles. The van der Waals surface area contributed by atoms with E-state index in [0.29, 0.717) is 19.1 Å². The van der Waals surface area contributed by atoms with E-state index in [1.807, 2.05) is 0 Å². The molecule has 0 aromatic rings. The normalized spacial score (nSPS) is 11.9. The molecule has 0 radical (unpaired) electrons. The third-order valence-electron chi connectivity index (χ3n) is 6.87. The molecule has 0 heterocycles. The highest BCUT2D eigenvalue weighted by Crippen LogP contribution is 2.14. The molecule has 0 aromatic carbocycles. The maximum Gasteiger partial charge on any atom is 0.0456 e. The molecule has 0 spiro atoms. The molecular weight excluding hydrogens is 404 g/mol. The van der Waals surface area contributed by atoms with Crippen LogP contribution >= 0.6 is 0 Å². The summed E-state index contributed by atoms with van der Waals surface area (Å²) in [5.74, 6) is 0.510. The van der Waals surface area contributed by atoms with Crippen molar-refractivity contribution in [3.8, 4) is 0 Å². The molecule has 0 rings (SSSR count). The van der Waals surface area contributed by atoms with Gasteiger partial charge in [-0.05, 0) is 18.8 Å². The van der Waals surface area contributed by atoms with E-state index < -0.39 is 0 Å². The maximum absolute atomic E-state index is 8.78. The predicted molar refractivity (Wildman–Crippen MR) is 150 cm³/mol. The lowest BCUT2D eigenvalue weighted by Crippen LogP contribution is -1.99. The SMILES string of the molecule is CCCCCCCCC(C)CO.CCCCCCCCCCCCCCCCCCCCO. The lowest BCUT2D eigenvalue weighted by atomic mass is 10.0. The van der Waals surface area contributed by atoms with Crippen LogP contribution in [-0.4, -0.2) is 23.4 Å². The molecular formula is C31H66O2. The Hall–Kier alpha value is -0.0800. The minimum absolute atomic E-state index is 0.356. The summed E-state index contributed by atoms with van der Waals surface area (Å²) in [7, 11) is 0.